The van der Waals surface area contributed by atoms with Crippen molar-refractivity contribution < 1.29 is 4.74 Å². The maximum atomic E-state index is 5.69. The third kappa shape index (κ3) is 3.48. The zero-order valence-corrected chi connectivity index (χ0v) is 12.4. The normalized spacial score (nSPS) is 33.9. The summed E-state index contributed by atoms with van der Waals surface area (Å²) < 4.78 is 5.69. The minimum absolute atomic E-state index is 0.373. The largest absolute Gasteiger partial charge is 0.381 e. The summed E-state index contributed by atoms with van der Waals surface area (Å²) in [6.07, 6.45) is 4.11. The van der Waals surface area contributed by atoms with Gasteiger partial charge in [-0.1, -0.05) is 6.92 Å². The standard InChI is InChI=1S/C15H29N3O/c1-2-16-11-15(5-10-19-13-15)12-17-6-8-18(9-7-17)14-3-4-14/h14,16H,2-13H2,1H3. The molecule has 2 heterocycles. The van der Waals surface area contributed by atoms with Crippen LogP contribution in [0.5, 0.6) is 0 Å². The first-order valence-electron chi connectivity index (χ1n) is 8.06. The molecule has 4 heteroatoms. The highest BCUT2D eigenvalue weighted by Crippen LogP contribution is 2.31. The van der Waals surface area contributed by atoms with Crippen molar-refractivity contribution in [2.45, 2.75) is 32.2 Å². The lowest BCUT2D eigenvalue weighted by atomic mass is 9.86. The highest BCUT2D eigenvalue weighted by molar-refractivity contribution is 4.92. The number of piperazine rings is 1. The summed E-state index contributed by atoms with van der Waals surface area (Å²) in [6, 6.07) is 0.938. The van der Waals surface area contributed by atoms with Crippen molar-refractivity contribution in [1.29, 1.82) is 0 Å². The van der Waals surface area contributed by atoms with Gasteiger partial charge in [-0.15, -0.1) is 0 Å². The van der Waals surface area contributed by atoms with Crippen LogP contribution < -0.4 is 5.32 Å². The molecule has 2 saturated heterocycles. The van der Waals surface area contributed by atoms with Crippen LogP contribution in [-0.4, -0.2) is 74.9 Å². The lowest BCUT2D eigenvalue weighted by molar-refractivity contribution is 0.0689. The molecule has 3 fully saturated rings. The Kier molecular flexibility index (Phi) is 4.42. The van der Waals surface area contributed by atoms with Crippen LogP contribution in [0.2, 0.25) is 0 Å². The number of nitrogens with one attached hydrogen (secondary N) is 1. The molecule has 0 spiro atoms. The van der Waals surface area contributed by atoms with E-state index in [1.807, 2.05) is 0 Å². The molecule has 1 aliphatic carbocycles. The van der Waals surface area contributed by atoms with Gasteiger partial charge in [-0.25, -0.2) is 0 Å². The van der Waals surface area contributed by atoms with Gasteiger partial charge in [-0.3, -0.25) is 4.90 Å². The van der Waals surface area contributed by atoms with Crippen molar-refractivity contribution in [3.63, 3.8) is 0 Å². The summed E-state index contributed by atoms with van der Waals surface area (Å²) in [5.41, 5.74) is 0.373. The Labute approximate surface area is 117 Å². The molecule has 1 saturated carbocycles. The summed E-state index contributed by atoms with van der Waals surface area (Å²) >= 11 is 0. The lowest BCUT2D eigenvalue weighted by Crippen LogP contribution is -2.52. The Morgan fingerprint density at radius 2 is 2.00 bits per heavy atom. The van der Waals surface area contributed by atoms with Gasteiger partial charge in [0.15, 0.2) is 0 Å². The first-order chi connectivity index (χ1) is 9.31. The highest BCUT2D eigenvalue weighted by Gasteiger charge is 2.38. The highest BCUT2D eigenvalue weighted by atomic mass is 16.5. The van der Waals surface area contributed by atoms with Gasteiger partial charge < -0.3 is 15.0 Å². The zero-order chi connectivity index (χ0) is 13.1. The van der Waals surface area contributed by atoms with Crippen LogP contribution >= 0.6 is 0 Å². The minimum atomic E-state index is 0.373. The molecule has 1 atom stereocenters. The number of nitrogens with zero attached hydrogens (tertiary/aromatic N) is 2. The molecule has 0 bridgehead atoms. The monoisotopic (exact) mass is 267 g/mol. The lowest BCUT2D eigenvalue weighted by Gasteiger charge is -2.40. The van der Waals surface area contributed by atoms with Gasteiger partial charge in [-0.05, 0) is 25.8 Å². The van der Waals surface area contributed by atoms with Gasteiger partial charge in [0.05, 0.1) is 6.61 Å². The number of ether oxygens (including phenoxy) is 1. The van der Waals surface area contributed by atoms with E-state index in [9.17, 15) is 0 Å². The Hall–Kier alpha value is -0.160. The SMILES string of the molecule is CCNCC1(CN2CCN(C3CC3)CC2)CCOC1. The maximum absolute atomic E-state index is 5.69. The Morgan fingerprint density at radius 3 is 2.58 bits per heavy atom. The average molecular weight is 267 g/mol. The van der Waals surface area contributed by atoms with E-state index in [-0.39, 0.29) is 0 Å². The van der Waals surface area contributed by atoms with E-state index < -0.39 is 0 Å². The first-order valence-corrected chi connectivity index (χ1v) is 8.06. The Balaban J connectivity index is 1.48. The van der Waals surface area contributed by atoms with Crippen molar-refractivity contribution in [3.8, 4) is 0 Å². The molecule has 4 nitrogen and oxygen atoms in total. The van der Waals surface area contributed by atoms with Crippen molar-refractivity contribution in [1.82, 2.24) is 15.1 Å². The molecule has 1 N–H and O–H groups in total. The number of hydrogen-bond acceptors (Lipinski definition) is 4. The van der Waals surface area contributed by atoms with Crippen molar-refractivity contribution >= 4 is 0 Å². The van der Waals surface area contributed by atoms with E-state index >= 15 is 0 Å². The van der Waals surface area contributed by atoms with E-state index in [0.29, 0.717) is 5.41 Å². The molecule has 0 amide bonds. The minimum Gasteiger partial charge on any atom is -0.381 e. The number of hydrogen-bond donors (Lipinski definition) is 1. The summed E-state index contributed by atoms with van der Waals surface area (Å²) in [6.45, 7) is 12.6. The quantitative estimate of drug-likeness (QED) is 0.770. The number of rotatable bonds is 6. The Bertz CT molecular complexity index is 279. The van der Waals surface area contributed by atoms with Crippen molar-refractivity contribution in [3.05, 3.63) is 0 Å². The Morgan fingerprint density at radius 1 is 1.21 bits per heavy atom. The van der Waals surface area contributed by atoms with Gasteiger partial charge >= 0.3 is 0 Å². The van der Waals surface area contributed by atoms with E-state index in [0.717, 1.165) is 32.3 Å². The van der Waals surface area contributed by atoms with Crippen LogP contribution in [0.15, 0.2) is 0 Å². The maximum Gasteiger partial charge on any atom is 0.0547 e. The fraction of sp³-hybridized carbons (Fsp3) is 1.00. The fourth-order valence-corrected chi connectivity index (χ4v) is 3.56. The molecule has 0 aromatic rings. The van der Waals surface area contributed by atoms with Crippen LogP contribution in [0.1, 0.15) is 26.2 Å². The van der Waals surface area contributed by atoms with Gasteiger partial charge in [0.2, 0.25) is 0 Å². The van der Waals surface area contributed by atoms with E-state index in [4.69, 9.17) is 4.74 Å². The van der Waals surface area contributed by atoms with Gasteiger partial charge in [0.1, 0.15) is 0 Å². The van der Waals surface area contributed by atoms with Crippen LogP contribution in [-0.2, 0) is 4.74 Å². The third-order valence-electron chi connectivity index (χ3n) is 4.96. The third-order valence-corrected chi connectivity index (χ3v) is 4.96. The van der Waals surface area contributed by atoms with Crippen LogP contribution in [0.25, 0.3) is 0 Å². The molecule has 3 aliphatic rings. The van der Waals surface area contributed by atoms with Crippen LogP contribution in [0.3, 0.4) is 0 Å². The molecule has 110 valence electrons. The average Bonchev–Trinajstić information content (AvgIpc) is 3.19. The van der Waals surface area contributed by atoms with Crippen molar-refractivity contribution in [2.75, 3.05) is 59.0 Å². The predicted molar refractivity (Wildman–Crippen MR) is 77.4 cm³/mol. The molecular weight excluding hydrogens is 238 g/mol. The topological polar surface area (TPSA) is 27.7 Å². The molecular formula is C15H29N3O. The zero-order valence-electron chi connectivity index (χ0n) is 12.4. The second-order valence-corrected chi connectivity index (χ2v) is 6.63. The molecule has 0 aromatic heterocycles. The van der Waals surface area contributed by atoms with E-state index in [2.05, 4.69) is 22.0 Å². The molecule has 3 rings (SSSR count). The van der Waals surface area contributed by atoms with Crippen molar-refractivity contribution in [2.24, 2.45) is 5.41 Å². The predicted octanol–water partition coefficient (Wildman–Crippen LogP) is 0.783. The van der Waals surface area contributed by atoms with Crippen LogP contribution in [0, 0.1) is 5.41 Å². The molecule has 0 aromatic carbocycles. The van der Waals surface area contributed by atoms with Gasteiger partial charge in [-0.2, -0.15) is 0 Å². The second-order valence-electron chi connectivity index (χ2n) is 6.63. The molecule has 0 radical (unpaired) electrons. The van der Waals surface area contributed by atoms with E-state index in [1.165, 1.54) is 52.0 Å². The van der Waals surface area contributed by atoms with Gasteiger partial charge in [0.25, 0.3) is 0 Å². The smallest absolute Gasteiger partial charge is 0.0547 e. The summed E-state index contributed by atoms with van der Waals surface area (Å²) in [7, 11) is 0. The first kappa shape index (κ1) is 13.8. The summed E-state index contributed by atoms with van der Waals surface area (Å²) in [5, 5.41) is 3.54. The van der Waals surface area contributed by atoms with Crippen LogP contribution in [0.4, 0.5) is 0 Å². The molecule has 1 unspecified atom stereocenters. The second kappa shape index (κ2) is 6.08. The van der Waals surface area contributed by atoms with E-state index in [1.54, 1.807) is 0 Å². The fourth-order valence-electron chi connectivity index (χ4n) is 3.56. The van der Waals surface area contributed by atoms with Gasteiger partial charge in [0, 0.05) is 57.3 Å². The summed E-state index contributed by atoms with van der Waals surface area (Å²) in [4.78, 5) is 5.36. The molecule has 19 heavy (non-hydrogen) atoms. The summed E-state index contributed by atoms with van der Waals surface area (Å²) in [5.74, 6) is 0. The molecule has 2 aliphatic heterocycles.